The molecule has 0 fully saturated rings. The molecule has 1 unspecified atom stereocenters. The number of benzene rings is 1. The van der Waals surface area contributed by atoms with Crippen LogP contribution in [0.4, 0.5) is 11.5 Å². The number of aromatic nitrogens is 1. The van der Waals surface area contributed by atoms with E-state index in [4.69, 9.17) is 0 Å². The van der Waals surface area contributed by atoms with E-state index in [-0.39, 0.29) is 54.1 Å². The number of rotatable bonds is 14. The number of nitro groups is 1. The van der Waals surface area contributed by atoms with Crippen molar-refractivity contribution in [1.82, 2.24) is 15.6 Å². The predicted octanol–water partition coefficient (Wildman–Crippen LogP) is 2.38. The summed E-state index contributed by atoms with van der Waals surface area (Å²) in [6.45, 7) is 3.98. The van der Waals surface area contributed by atoms with Gasteiger partial charge in [-0.25, -0.2) is 4.98 Å². The van der Waals surface area contributed by atoms with Crippen molar-refractivity contribution in [1.29, 1.82) is 0 Å². The molecule has 36 heavy (non-hydrogen) atoms. The molecule has 1 heterocycles. The SMILES string of the molecule is Cc1ccnc(NCCCCCC(=O)NCC(=O)NC(CC(=O)O)c2ccc(C)c([N+](=O)[O-])c2)c1.[NaH]. The Morgan fingerprint density at radius 2 is 1.83 bits per heavy atom. The van der Waals surface area contributed by atoms with Crippen LogP contribution in [0.3, 0.4) is 0 Å². The molecule has 0 aliphatic heterocycles. The molecule has 0 radical (unpaired) electrons. The van der Waals surface area contributed by atoms with E-state index in [2.05, 4.69) is 20.9 Å². The van der Waals surface area contributed by atoms with E-state index in [0.29, 0.717) is 17.5 Å². The molecule has 0 spiro atoms. The van der Waals surface area contributed by atoms with E-state index in [9.17, 15) is 29.6 Å². The molecule has 1 aromatic carbocycles. The van der Waals surface area contributed by atoms with Crippen LogP contribution in [0.5, 0.6) is 0 Å². The molecule has 12 heteroatoms. The standard InChI is InChI=1S/C24H31N5O6.Na.H/c1-16-9-11-26-21(12-16)25-10-5-3-4-6-22(30)27-15-23(31)28-19(14-24(32)33)18-8-7-17(2)20(13-18)29(34)35;;/h7-9,11-13,19H,3-6,10,14-15H2,1-2H3,(H,25,26)(H,27,30)(H,28,31)(H,32,33);;. The normalized spacial score (nSPS) is 11.1. The van der Waals surface area contributed by atoms with Crippen LogP contribution in [0, 0.1) is 24.0 Å². The number of hydrogen-bond donors (Lipinski definition) is 4. The third-order valence-corrected chi connectivity index (χ3v) is 5.29. The molecule has 2 rings (SSSR count). The number of carboxylic acid groups (broad SMARTS) is 1. The number of aliphatic carboxylic acids is 1. The molecular weight excluding hydrogens is 477 g/mol. The van der Waals surface area contributed by atoms with Crippen LogP contribution in [-0.4, -0.2) is 75.4 Å². The first-order valence-corrected chi connectivity index (χ1v) is 11.3. The van der Waals surface area contributed by atoms with Gasteiger partial charge in [0.2, 0.25) is 11.8 Å². The zero-order valence-corrected chi connectivity index (χ0v) is 19.9. The van der Waals surface area contributed by atoms with Crippen molar-refractivity contribution >= 4 is 58.8 Å². The number of amides is 2. The average molecular weight is 510 g/mol. The number of nitrogens with one attached hydrogen (secondary N) is 3. The van der Waals surface area contributed by atoms with Crippen molar-refractivity contribution in [2.75, 3.05) is 18.4 Å². The number of carboxylic acids is 1. The zero-order valence-electron chi connectivity index (χ0n) is 19.9. The first-order valence-electron chi connectivity index (χ1n) is 11.3. The molecule has 11 nitrogen and oxygen atoms in total. The van der Waals surface area contributed by atoms with Crippen molar-refractivity contribution in [3.05, 3.63) is 63.3 Å². The van der Waals surface area contributed by atoms with Crippen LogP contribution < -0.4 is 16.0 Å². The maximum absolute atomic E-state index is 12.3. The van der Waals surface area contributed by atoms with Crippen molar-refractivity contribution in [3.63, 3.8) is 0 Å². The Kier molecular flexibility index (Phi) is 13.7. The van der Waals surface area contributed by atoms with Crippen LogP contribution in [0.1, 0.15) is 54.8 Å². The summed E-state index contributed by atoms with van der Waals surface area (Å²) in [5.74, 6) is -1.22. The number of hydrogen-bond acceptors (Lipinski definition) is 7. The van der Waals surface area contributed by atoms with Gasteiger partial charge < -0.3 is 21.1 Å². The summed E-state index contributed by atoms with van der Waals surface area (Å²) < 4.78 is 0. The summed E-state index contributed by atoms with van der Waals surface area (Å²) in [7, 11) is 0. The maximum atomic E-state index is 12.3. The van der Waals surface area contributed by atoms with E-state index < -0.39 is 29.3 Å². The molecule has 2 aromatic rings. The Labute approximate surface area is 231 Å². The Morgan fingerprint density at radius 3 is 2.50 bits per heavy atom. The second kappa shape index (κ2) is 15.9. The Morgan fingerprint density at radius 1 is 1.08 bits per heavy atom. The van der Waals surface area contributed by atoms with Gasteiger partial charge in [0.15, 0.2) is 0 Å². The zero-order chi connectivity index (χ0) is 25.8. The van der Waals surface area contributed by atoms with E-state index in [1.807, 2.05) is 19.1 Å². The topological polar surface area (TPSA) is 164 Å². The minimum absolute atomic E-state index is 0. The van der Waals surface area contributed by atoms with Crippen LogP contribution in [-0.2, 0) is 14.4 Å². The molecule has 0 aliphatic carbocycles. The number of carbonyl (C=O) groups excluding carboxylic acids is 2. The molecule has 4 N–H and O–H groups in total. The number of aryl methyl sites for hydroxylation is 2. The summed E-state index contributed by atoms with van der Waals surface area (Å²) in [4.78, 5) is 50.4. The van der Waals surface area contributed by atoms with Gasteiger partial charge >= 0.3 is 35.5 Å². The number of nitrogens with zero attached hydrogens (tertiary/aromatic N) is 2. The van der Waals surface area contributed by atoms with Crippen LogP contribution in [0.2, 0.25) is 0 Å². The van der Waals surface area contributed by atoms with Gasteiger partial charge in [-0.1, -0.05) is 18.6 Å². The van der Waals surface area contributed by atoms with Crippen molar-refractivity contribution in [2.45, 2.75) is 52.0 Å². The third kappa shape index (κ3) is 11.1. The number of carbonyl (C=O) groups is 3. The van der Waals surface area contributed by atoms with E-state index in [0.717, 1.165) is 30.8 Å². The van der Waals surface area contributed by atoms with Crippen molar-refractivity contribution < 1.29 is 24.4 Å². The van der Waals surface area contributed by atoms with Gasteiger partial charge in [-0.2, -0.15) is 0 Å². The van der Waals surface area contributed by atoms with Gasteiger partial charge in [0, 0.05) is 30.8 Å². The Balaban J connectivity index is 0.00000648. The average Bonchev–Trinajstić information content (AvgIpc) is 2.79. The summed E-state index contributed by atoms with van der Waals surface area (Å²) in [5.41, 5.74) is 1.69. The fourth-order valence-electron chi connectivity index (χ4n) is 3.42. The van der Waals surface area contributed by atoms with Crippen LogP contribution in [0.15, 0.2) is 36.5 Å². The summed E-state index contributed by atoms with van der Waals surface area (Å²) in [5, 5.41) is 28.7. The van der Waals surface area contributed by atoms with Crippen molar-refractivity contribution in [3.8, 4) is 0 Å². The Bertz CT molecular complexity index is 1070. The fourth-order valence-corrected chi connectivity index (χ4v) is 3.42. The third-order valence-electron chi connectivity index (χ3n) is 5.29. The second-order valence-electron chi connectivity index (χ2n) is 8.25. The van der Waals surface area contributed by atoms with Gasteiger partial charge in [0.25, 0.3) is 5.69 Å². The van der Waals surface area contributed by atoms with Crippen LogP contribution >= 0.6 is 0 Å². The first kappa shape index (κ1) is 31.0. The van der Waals surface area contributed by atoms with Crippen molar-refractivity contribution in [2.24, 2.45) is 0 Å². The van der Waals surface area contributed by atoms with Gasteiger partial charge in [-0.3, -0.25) is 24.5 Å². The summed E-state index contributed by atoms with van der Waals surface area (Å²) in [6, 6.07) is 7.21. The monoisotopic (exact) mass is 509 g/mol. The Hall–Kier alpha value is -3.02. The molecule has 0 saturated carbocycles. The molecular formula is C24H32N5NaO6. The van der Waals surface area contributed by atoms with Gasteiger partial charge in [-0.15, -0.1) is 0 Å². The molecule has 1 aromatic heterocycles. The summed E-state index contributed by atoms with van der Waals surface area (Å²) >= 11 is 0. The molecule has 0 aliphatic rings. The summed E-state index contributed by atoms with van der Waals surface area (Å²) in [6.07, 6.45) is 3.90. The second-order valence-corrected chi connectivity index (χ2v) is 8.25. The van der Waals surface area contributed by atoms with Crippen LogP contribution in [0.25, 0.3) is 0 Å². The molecule has 1 atom stereocenters. The predicted molar refractivity (Wildman–Crippen MR) is 137 cm³/mol. The van der Waals surface area contributed by atoms with Gasteiger partial charge in [0.05, 0.1) is 23.9 Å². The first-order chi connectivity index (χ1) is 16.7. The van der Waals surface area contributed by atoms with E-state index in [1.165, 1.54) is 12.1 Å². The quantitative estimate of drug-likeness (QED) is 0.130. The molecule has 0 bridgehead atoms. The number of anilines is 1. The van der Waals surface area contributed by atoms with E-state index in [1.54, 1.807) is 19.2 Å². The number of unbranched alkanes of at least 4 members (excludes halogenated alkanes) is 2. The molecule has 2 amide bonds. The van der Waals surface area contributed by atoms with Gasteiger partial charge in [0.1, 0.15) is 5.82 Å². The fraction of sp³-hybridized carbons (Fsp3) is 0.417. The molecule has 190 valence electrons. The van der Waals surface area contributed by atoms with Gasteiger partial charge in [-0.05, 0) is 49.9 Å². The minimum atomic E-state index is -1.17. The number of pyridine rings is 1. The molecule has 0 saturated heterocycles. The number of nitro benzene ring substituents is 1. The van der Waals surface area contributed by atoms with E-state index >= 15 is 0 Å².